The van der Waals surface area contributed by atoms with Crippen LogP contribution in [0, 0.1) is 5.41 Å². The van der Waals surface area contributed by atoms with E-state index < -0.39 is 0 Å². The summed E-state index contributed by atoms with van der Waals surface area (Å²) < 4.78 is 11.8. The maximum absolute atomic E-state index is 5.91. The Kier molecular flexibility index (Phi) is 4.56. The van der Waals surface area contributed by atoms with Crippen LogP contribution < -0.4 is 5.32 Å². The zero-order valence-electron chi connectivity index (χ0n) is 13.2. The molecular weight excluding hydrogens is 240 g/mol. The number of hydrogen-bond donors (Lipinski definition) is 1. The lowest BCUT2D eigenvalue weighted by Crippen LogP contribution is -2.57. The van der Waals surface area contributed by atoms with Gasteiger partial charge in [0.25, 0.3) is 0 Å². The van der Waals surface area contributed by atoms with E-state index in [1.54, 1.807) is 0 Å². The van der Waals surface area contributed by atoms with Gasteiger partial charge >= 0.3 is 0 Å². The van der Waals surface area contributed by atoms with E-state index in [1.807, 2.05) is 0 Å². The summed E-state index contributed by atoms with van der Waals surface area (Å²) in [5, 5.41) is 3.47. The van der Waals surface area contributed by atoms with Gasteiger partial charge in [-0.1, -0.05) is 20.8 Å². The van der Waals surface area contributed by atoms with Crippen molar-refractivity contribution in [2.45, 2.75) is 57.9 Å². The standard InChI is InChI=1S/C15H30N2O2/c1-14(2,3)11-17(5)13-10-15(18-8-9-19-15)7-6-12(13)16-4/h12-13,16H,6-11H2,1-5H3. The predicted molar refractivity (Wildman–Crippen MR) is 77.2 cm³/mol. The third-order valence-electron chi connectivity index (χ3n) is 4.30. The van der Waals surface area contributed by atoms with Gasteiger partial charge in [-0.25, -0.2) is 0 Å². The van der Waals surface area contributed by atoms with Crippen molar-refractivity contribution in [2.75, 3.05) is 33.9 Å². The van der Waals surface area contributed by atoms with E-state index in [1.165, 1.54) is 0 Å². The maximum Gasteiger partial charge on any atom is 0.170 e. The first kappa shape index (κ1) is 15.2. The Morgan fingerprint density at radius 1 is 1.26 bits per heavy atom. The Bertz CT molecular complexity index is 295. The average molecular weight is 270 g/mol. The van der Waals surface area contributed by atoms with E-state index in [9.17, 15) is 0 Å². The predicted octanol–water partition coefficient (Wildman–Crippen LogP) is 1.85. The molecule has 2 fully saturated rings. The number of nitrogens with zero attached hydrogens (tertiary/aromatic N) is 1. The van der Waals surface area contributed by atoms with Crippen LogP contribution in [0.1, 0.15) is 40.0 Å². The van der Waals surface area contributed by atoms with E-state index in [4.69, 9.17) is 9.47 Å². The minimum Gasteiger partial charge on any atom is -0.347 e. The normalized spacial score (nSPS) is 31.3. The fourth-order valence-corrected chi connectivity index (χ4v) is 3.56. The van der Waals surface area contributed by atoms with Crippen LogP contribution in [0.25, 0.3) is 0 Å². The van der Waals surface area contributed by atoms with Crippen LogP contribution in [0.15, 0.2) is 0 Å². The molecule has 0 bridgehead atoms. The molecule has 1 aliphatic heterocycles. The quantitative estimate of drug-likeness (QED) is 0.848. The van der Waals surface area contributed by atoms with Gasteiger partial charge in [0, 0.05) is 31.5 Å². The smallest absolute Gasteiger partial charge is 0.170 e. The number of ether oxygens (including phenoxy) is 2. The number of hydrogen-bond acceptors (Lipinski definition) is 4. The first-order valence-electron chi connectivity index (χ1n) is 7.51. The summed E-state index contributed by atoms with van der Waals surface area (Å²) in [5.74, 6) is -0.301. The maximum atomic E-state index is 5.91. The molecule has 2 atom stereocenters. The van der Waals surface area contributed by atoms with Crippen LogP contribution in [0.2, 0.25) is 0 Å². The zero-order valence-corrected chi connectivity index (χ0v) is 13.2. The van der Waals surface area contributed by atoms with Crippen molar-refractivity contribution >= 4 is 0 Å². The first-order valence-corrected chi connectivity index (χ1v) is 7.51. The molecule has 112 valence electrons. The molecule has 1 aliphatic carbocycles. The van der Waals surface area contributed by atoms with Crippen LogP contribution in [0.3, 0.4) is 0 Å². The van der Waals surface area contributed by atoms with Gasteiger partial charge in [0.05, 0.1) is 13.2 Å². The van der Waals surface area contributed by atoms with Crippen molar-refractivity contribution < 1.29 is 9.47 Å². The van der Waals surface area contributed by atoms with E-state index in [0.717, 1.165) is 39.0 Å². The highest BCUT2D eigenvalue weighted by molar-refractivity contribution is 4.96. The van der Waals surface area contributed by atoms with E-state index in [0.29, 0.717) is 17.5 Å². The van der Waals surface area contributed by atoms with Gasteiger partial charge in [0.1, 0.15) is 0 Å². The molecule has 1 saturated carbocycles. The lowest BCUT2D eigenvalue weighted by molar-refractivity contribution is -0.193. The second-order valence-corrected chi connectivity index (χ2v) is 7.29. The summed E-state index contributed by atoms with van der Waals surface area (Å²) in [7, 11) is 4.30. The summed E-state index contributed by atoms with van der Waals surface area (Å²) >= 11 is 0. The number of likely N-dealkylation sites (N-methyl/N-ethyl adjacent to an activating group) is 2. The summed E-state index contributed by atoms with van der Waals surface area (Å²) in [6, 6.07) is 1.02. The first-order chi connectivity index (χ1) is 8.85. The molecule has 1 spiro atoms. The topological polar surface area (TPSA) is 33.7 Å². The van der Waals surface area contributed by atoms with E-state index >= 15 is 0 Å². The Balaban J connectivity index is 2.05. The highest BCUT2D eigenvalue weighted by Crippen LogP contribution is 2.38. The third-order valence-corrected chi connectivity index (χ3v) is 4.30. The minimum atomic E-state index is -0.301. The summed E-state index contributed by atoms with van der Waals surface area (Å²) in [6.07, 6.45) is 3.11. The molecule has 1 heterocycles. The molecule has 0 aromatic rings. The second kappa shape index (κ2) is 5.68. The fourth-order valence-electron chi connectivity index (χ4n) is 3.56. The third kappa shape index (κ3) is 3.69. The zero-order chi connectivity index (χ0) is 14.1. The monoisotopic (exact) mass is 270 g/mol. The lowest BCUT2D eigenvalue weighted by atomic mass is 9.83. The van der Waals surface area contributed by atoms with E-state index in [-0.39, 0.29) is 5.79 Å². The van der Waals surface area contributed by atoms with Crippen molar-refractivity contribution in [1.29, 1.82) is 0 Å². The fraction of sp³-hybridized carbons (Fsp3) is 1.00. The molecule has 0 aromatic heterocycles. The highest BCUT2D eigenvalue weighted by Gasteiger charge is 2.46. The van der Waals surface area contributed by atoms with Crippen molar-refractivity contribution in [2.24, 2.45) is 5.41 Å². The van der Waals surface area contributed by atoms with Crippen molar-refractivity contribution in [3.8, 4) is 0 Å². The van der Waals surface area contributed by atoms with Gasteiger partial charge in [-0.2, -0.15) is 0 Å². The highest BCUT2D eigenvalue weighted by atomic mass is 16.7. The Hall–Kier alpha value is -0.160. The average Bonchev–Trinajstić information content (AvgIpc) is 2.75. The van der Waals surface area contributed by atoms with Crippen molar-refractivity contribution in [1.82, 2.24) is 10.2 Å². The van der Waals surface area contributed by atoms with Crippen molar-refractivity contribution in [3.05, 3.63) is 0 Å². The molecule has 2 rings (SSSR count). The van der Waals surface area contributed by atoms with Crippen LogP contribution in [-0.2, 0) is 9.47 Å². The molecule has 1 N–H and O–H groups in total. The molecule has 2 unspecified atom stereocenters. The SMILES string of the molecule is CNC1CCC2(CC1N(C)CC(C)(C)C)OCCO2. The van der Waals surface area contributed by atoms with Crippen LogP contribution in [0.5, 0.6) is 0 Å². The minimum absolute atomic E-state index is 0.301. The molecule has 4 nitrogen and oxygen atoms in total. The van der Waals surface area contributed by atoms with Gasteiger partial charge in [0.15, 0.2) is 5.79 Å². The van der Waals surface area contributed by atoms with Crippen molar-refractivity contribution in [3.63, 3.8) is 0 Å². The second-order valence-electron chi connectivity index (χ2n) is 7.29. The van der Waals surface area contributed by atoms with Crippen LogP contribution in [0.4, 0.5) is 0 Å². The largest absolute Gasteiger partial charge is 0.347 e. The number of rotatable bonds is 3. The Morgan fingerprint density at radius 3 is 2.42 bits per heavy atom. The van der Waals surface area contributed by atoms with Gasteiger partial charge in [-0.05, 0) is 25.9 Å². The summed E-state index contributed by atoms with van der Waals surface area (Å²) in [4.78, 5) is 2.48. The van der Waals surface area contributed by atoms with Gasteiger partial charge in [-0.3, -0.25) is 0 Å². The Labute approximate surface area is 117 Å². The molecule has 19 heavy (non-hydrogen) atoms. The summed E-state index contributed by atoms with van der Waals surface area (Å²) in [5.41, 5.74) is 0.315. The molecule has 0 aromatic carbocycles. The molecule has 1 saturated heterocycles. The van der Waals surface area contributed by atoms with Crippen LogP contribution in [-0.4, -0.2) is 56.6 Å². The molecule has 0 amide bonds. The molecule has 0 radical (unpaired) electrons. The lowest BCUT2D eigenvalue weighted by Gasteiger charge is -2.46. The van der Waals surface area contributed by atoms with Gasteiger partial charge in [0.2, 0.25) is 0 Å². The van der Waals surface area contributed by atoms with E-state index in [2.05, 4.69) is 45.1 Å². The Morgan fingerprint density at radius 2 is 1.89 bits per heavy atom. The summed E-state index contributed by atoms with van der Waals surface area (Å²) in [6.45, 7) is 9.46. The van der Waals surface area contributed by atoms with Gasteiger partial charge in [-0.15, -0.1) is 0 Å². The molecule has 4 heteroatoms. The van der Waals surface area contributed by atoms with Crippen LogP contribution >= 0.6 is 0 Å². The number of nitrogens with one attached hydrogen (secondary N) is 1. The molecule has 2 aliphatic rings. The van der Waals surface area contributed by atoms with Gasteiger partial charge < -0.3 is 19.7 Å². The molecular formula is C15H30N2O2.